The van der Waals surface area contributed by atoms with Gasteiger partial charge in [0.05, 0.1) is 24.0 Å². The highest BCUT2D eigenvalue weighted by Gasteiger charge is 2.18. The van der Waals surface area contributed by atoms with Crippen molar-refractivity contribution in [2.45, 2.75) is 31.4 Å². The van der Waals surface area contributed by atoms with Gasteiger partial charge in [-0.1, -0.05) is 30.3 Å². The monoisotopic (exact) mass is 300 g/mol. The molecule has 2 aromatic rings. The fraction of sp³-hybridized carbons (Fsp3) is 0.389. The molecule has 0 bridgehead atoms. The van der Waals surface area contributed by atoms with Crippen molar-refractivity contribution >= 4 is 0 Å². The molecule has 0 unspecified atom stereocenters. The van der Waals surface area contributed by atoms with Crippen LogP contribution in [-0.2, 0) is 4.74 Å². The van der Waals surface area contributed by atoms with Gasteiger partial charge < -0.3 is 10.1 Å². The predicted molar refractivity (Wildman–Crippen MR) is 84.1 cm³/mol. The summed E-state index contributed by atoms with van der Waals surface area (Å²) in [6.07, 6.45) is 4.93. The van der Waals surface area contributed by atoms with E-state index in [0.717, 1.165) is 43.7 Å². The second kappa shape index (κ2) is 7.47. The number of halogens is 1. The average molecular weight is 300 g/mol. The Hall–Kier alpha value is -1.78. The van der Waals surface area contributed by atoms with E-state index in [0.29, 0.717) is 6.10 Å². The van der Waals surface area contributed by atoms with Gasteiger partial charge in [0.25, 0.3) is 0 Å². The molecule has 116 valence electrons. The molecule has 3 nitrogen and oxygen atoms in total. The van der Waals surface area contributed by atoms with E-state index in [1.54, 1.807) is 6.07 Å². The normalized spacial score (nSPS) is 19.2. The Kier molecular flexibility index (Phi) is 5.14. The van der Waals surface area contributed by atoms with Crippen LogP contribution >= 0.6 is 0 Å². The Morgan fingerprint density at radius 3 is 2.77 bits per heavy atom. The highest BCUT2D eigenvalue weighted by molar-refractivity contribution is 5.27. The van der Waals surface area contributed by atoms with Crippen LogP contribution in [0.5, 0.6) is 0 Å². The van der Waals surface area contributed by atoms with Gasteiger partial charge in [0.1, 0.15) is 5.82 Å². The maximum absolute atomic E-state index is 13.1. The molecule has 0 aliphatic carbocycles. The van der Waals surface area contributed by atoms with E-state index in [2.05, 4.69) is 22.4 Å². The van der Waals surface area contributed by atoms with Gasteiger partial charge in [-0.15, -0.1) is 0 Å². The zero-order chi connectivity index (χ0) is 15.2. The minimum absolute atomic E-state index is 0.0248. The standard InChI is InChI=1S/C18H21FN2O/c19-15-8-9-17(21-13-15)18(14-5-2-1-3-6-14)20-11-10-16-7-4-12-22-16/h1-3,5-6,8-9,13,16,18,20H,4,7,10-12H2/t16-,18+/m0/s1. The smallest absolute Gasteiger partial charge is 0.141 e. The third kappa shape index (κ3) is 3.90. The van der Waals surface area contributed by atoms with Crippen LogP contribution in [0.1, 0.15) is 36.6 Å². The molecule has 1 aromatic carbocycles. The maximum Gasteiger partial charge on any atom is 0.141 e. The molecule has 0 spiro atoms. The molecule has 1 N–H and O–H groups in total. The Morgan fingerprint density at radius 1 is 1.23 bits per heavy atom. The van der Waals surface area contributed by atoms with Crippen molar-refractivity contribution in [3.63, 3.8) is 0 Å². The highest BCUT2D eigenvalue weighted by atomic mass is 19.1. The number of nitrogens with zero attached hydrogens (tertiary/aromatic N) is 1. The van der Waals surface area contributed by atoms with Crippen molar-refractivity contribution in [2.75, 3.05) is 13.2 Å². The number of hydrogen-bond donors (Lipinski definition) is 1. The van der Waals surface area contributed by atoms with Gasteiger partial charge in [-0.25, -0.2) is 4.39 Å². The van der Waals surface area contributed by atoms with Crippen molar-refractivity contribution in [2.24, 2.45) is 0 Å². The molecule has 2 atom stereocenters. The first-order chi connectivity index (χ1) is 10.8. The average Bonchev–Trinajstić information content (AvgIpc) is 3.07. The molecule has 1 aliphatic heterocycles. The minimum atomic E-state index is -0.310. The number of benzene rings is 1. The molecular formula is C18H21FN2O. The van der Waals surface area contributed by atoms with E-state index in [-0.39, 0.29) is 11.9 Å². The number of ether oxygens (including phenoxy) is 1. The Morgan fingerprint density at radius 2 is 2.09 bits per heavy atom. The van der Waals surface area contributed by atoms with Crippen molar-refractivity contribution in [3.8, 4) is 0 Å². The van der Waals surface area contributed by atoms with Crippen molar-refractivity contribution in [3.05, 3.63) is 65.7 Å². The van der Waals surface area contributed by atoms with E-state index >= 15 is 0 Å². The quantitative estimate of drug-likeness (QED) is 0.887. The zero-order valence-electron chi connectivity index (χ0n) is 12.5. The molecule has 1 aromatic heterocycles. The lowest BCUT2D eigenvalue weighted by Gasteiger charge is -2.20. The summed E-state index contributed by atoms with van der Waals surface area (Å²) >= 11 is 0. The number of pyridine rings is 1. The predicted octanol–water partition coefficient (Wildman–Crippen LogP) is 3.47. The molecule has 2 heterocycles. The number of nitrogens with one attached hydrogen (secondary N) is 1. The first-order valence-corrected chi connectivity index (χ1v) is 7.84. The minimum Gasteiger partial charge on any atom is -0.378 e. The third-order valence-corrected chi connectivity index (χ3v) is 4.02. The van der Waals surface area contributed by atoms with Gasteiger partial charge in [0.15, 0.2) is 0 Å². The summed E-state index contributed by atoms with van der Waals surface area (Å²) in [5.74, 6) is -0.310. The van der Waals surface area contributed by atoms with Crippen LogP contribution in [0.25, 0.3) is 0 Å². The lowest BCUT2D eigenvalue weighted by atomic mass is 10.0. The van der Waals surface area contributed by atoms with Crippen LogP contribution < -0.4 is 5.32 Å². The molecule has 4 heteroatoms. The van der Waals surface area contributed by atoms with Gasteiger partial charge in [0.2, 0.25) is 0 Å². The SMILES string of the molecule is Fc1ccc([C@H](NCC[C@@H]2CCCO2)c2ccccc2)nc1. The Bertz CT molecular complexity index is 567. The van der Waals surface area contributed by atoms with E-state index in [9.17, 15) is 4.39 Å². The molecule has 0 saturated carbocycles. The number of aromatic nitrogens is 1. The van der Waals surface area contributed by atoms with Gasteiger partial charge in [-0.3, -0.25) is 4.98 Å². The number of hydrogen-bond acceptors (Lipinski definition) is 3. The topological polar surface area (TPSA) is 34.1 Å². The maximum atomic E-state index is 13.1. The van der Waals surface area contributed by atoms with Gasteiger partial charge in [0, 0.05) is 6.61 Å². The molecule has 22 heavy (non-hydrogen) atoms. The van der Waals surface area contributed by atoms with E-state index < -0.39 is 0 Å². The summed E-state index contributed by atoms with van der Waals surface area (Å²) < 4.78 is 18.8. The first-order valence-electron chi connectivity index (χ1n) is 7.84. The van der Waals surface area contributed by atoms with E-state index in [1.807, 2.05) is 18.2 Å². The van der Waals surface area contributed by atoms with Crippen LogP contribution in [0.4, 0.5) is 4.39 Å². The van der Waals surface area contributed by atoms with Crippen molar-refractivity contribution < 1.29 is 9.13 Å². The second-order valence-corrected chi connectivity index (χ2v) is 5.62. The molecule has 3 rings (SSSR count). The summed E-state index contributed by atoms with van der Waals surface area (Å²) in [4.78, 5) is 4.24. The van der Waals surface area contributed by atoms with Crippen molar-refractivity contribution in [1.29, 1.82) is 0 Å². The van der Waals surface area contributed by atoms with E-state index in [1.165, 1.54) is 12.3 Å². The second-order valence-electron chi connectivity index (χ2n) is 5.62. The molecule has 0 radical (unpaired) electrons. The largest absolute Gasteiger partial charge is 0.378 e. The Labute approximate surface area is 130 Å². The fourth-order valence-electron chi connectivity index (χ4n) is 2.86. The molecule has 1 saturated heterocycles. The summed E-state index contributed by atoms with van der Waals surface area (Å²) in [6.45, 7) is 1.73. The third-order valence-electron chi connectivity index (χ3n) is 4.02. The van der Waals surface area contributed by atoms with Crippen LogP contribution in [0.2, 0.25) is 0 Å². The number of rotatable bonds is 6. The van der Waals surface area contributed by atoms with Gasteiger partial charge >= 0.3 is 0 Å². The highest BCUT2D eigenvalue weighted by Crippen LogP contribution is 2.21. The summed E-state index contributed by atoms with van der Waals surface area (Å²) in [5, 5.41) is 3.53. The van der Waals surface area contributed by atoms with Crippen LogP contribution in [-0.4, -0.2) is 24.2 Å². The van der Waals surface area contributed by atoms with Crippen LogP contribution in [0.15, 0.2) is 48.7 Å². The lowest BCUT2D eigenvalue weighted by Crippen LogP contribution is -2.26. The zero-order valence-corrected chi connectivity index (χ0v) is 12.5. The fourth-order valence-corrected chi connectivity index (χ4v) is 2.86. The molecule has 1 fully saturated rings. The van der Waals surface area contributed by atoms with Crippen LogP contribution in [0.3, 0.4) is 0 Å². The molecule has 1 aliphatic rings. The molecule has 0 amide bonds. The summed E-state index contributed by atoms with van der Waals surface area (Å²) in [6, 6.07) is 13.3. The molecular weight excluding hydrogens is 279 g/mol. The Balaban J connectivity index is 1.70. The summed E-state index contributed by atoms with van der Waals surface area (Å²) in [5.41, 5.74) is 1.97. The van der Waals surface area contributed by atoms with Gasteiger partial charge in [-0.05, 0) is 43.5 Å². The van der Waals surface area contributed by atoms with Gasteiger partial charge in [-0.2, -0.15) is 0 Å². The lowest BCUT2D eigenvalue weighted by molar-refractivity contribution is 0.104. The first kappa shape index (κ1) is 15.1. The van der Waals surface area contributed by atoms with E-state index in [4.69, 9.17) is 4.74 Å². The van der Waals surface area contributed by atoms with Crippen molar-refractivity contribution in [1.82, 2.24) is 10.3 Å². The van der Waals surface area contributed by atoms with Crippen LogP contribution in [0, 0.1) is 5.82 Å². The summed E-state index contributed by atoms with van der Waals surface area (Å²) in [7, 11) is 0.